The van der Waals surface area contributed by atoms with E-state index in [1.807, 2.05) is 36.4 Å². The van der Waals surface area contributed by atoms with Crippen molar-refractivity contribution in [1.82, 2.24) is 16.2 Å². The van der Waals surface area contributed by atoms with Crippen LogP contribution in [-0.4, -0.2) is 36.8 Å². The number of hydrogen-bond donors (Lipinski definition) is 3. The summed E-state index contributed by atoms with van der Waals surface area (Å²) in [6.45, 7) is 1.81. The lowest BCUT2D eigenvalue weighted by Crippen LogP contribution is -2.47. The van der Waals surface area contributed by atoms with Crippen LogP contribution in [0.15, 0.2) is 41.3 Å². The highest BCUT2D eigenvalue weighted by atomic mass is 32.2. The zero-order valence-corrected chi connectivity index (χ0v) is 17.0. The van der Waals surface area contributed by atoms with Crippen molar-refractivity contribution in [2.75, 3.05) is 25.8 Å². The monoisotopic (exact) mass is 433 g/mol. The summed E-state index contributed by atoms with van der Waals surface area (Å²) in [7, 11) is 0. The first-order valence-electron chi connectivity index (χ1n) is 8.91. The fourth-order valence-electron chi connectivity index (χ4n) is 2.70. The van der Waals surface area contributed by atoms with E-state index in [2.05, 4.69) is 16.2 Å². The van der Waals surface area contributed by atoms with Crippen LogP contribution in [0, 0.1) is 0 Å². The Morgan fingerprint density at radius 1 is 0.931 bits per heavy atom. The van der Waals surface area contributed by atoms with E-state index >= 15 is 0 Å². The molecule has 0 unspecified atom stereocenters. The SMILES string of the molecule is O=C(CSc1ccc2c(c1)OCCO2)NNC(=S)NCc1ccc2c(c1)OCO2. The van der Waals surface area contributed by atoms with Gasteiger partial charge >= 0.3 is 0 Å². The zero-order valence-electron chi connectivity index (χ0n) is 15.4. The van der Waals surface area contributed by atoms with Crippen LogP contribution in [0.5, 0.6) is 23.0 Å². The molecule has 1 amide bonds. The molecule has 2 aromatic rings. The number of benzene rings is 2. The van der Waals surface area contributed by atoms with Crippen molar-refractivity contribution < 1.29 is 23.7 Å². The predicted molar refractivity (Wildman–Crippen MR) is 111 cm³/mol. The van der Waals surface area contributed by atoms with Gasteiger partial charge in [-0.15, -0.1) is 11.8 Å². The standard InChI is InChI=1S/C19H19N3O5S2/c23-18(10-29-13-2-4-14-17(8-13)25-6-5-24-14)21-22-19(28)20-9-12-1-3-15-16(7-12)27-11-26-15/h1-4,7-8H,5-6,9-11H2,(H,21,23)(H2,20,22,28). The van der Waals surface area contributed by atoms with Crippen LogP contribution < -0.4 is 35.1 Å². The molecule has 2 heterocycles. The van der Waals surface area contributed by atoms with Gasteiger partial charge in [-0.25, -0.2) is 0 Å². The number of thioether (sulfide) groups is 1. The van der Waals surface area contributed by atoms with Crippen LogP contribution >= 0.6 is 24.0 Å². The lowest BCUT2D eigenvalue weighted by molar-refractivity contribution is -0.119. The van der Waals surface area contributed by atoms with Gasteiger partial charge in [-0.1, -0.05) is 6.07 Å². The van der Waals surface area contributed by atoms with Gasteiger partial charge in [-0.3, -0.25) is 15.6 Å². The molecule has 2 aliphatic heterocycles. The number of hydrazine groups is 1. The normalized spacial score (nSPS) is 13.5. The largest absolute Gasteiger partial charge is 0.486 e. The quantitative estimate of drug-likeness (QED) is 0.372. The summed E-state index contributed by atoms with van der Waals surface area (Å²) in [5.74, 6) is 2.92. The van der Waals surface area contributed by atoms with Crippen molar-refractivity contribution in [1.29, 1.82) is 0 Å². The Balaban J connectivity index is 1.17. The lowest BCUT2D eigenvalue weighted by atomic mass is 10.2. The number of rotatable bonds is 5. The average molecular weight is 434 g/mol. The van der Waals surface area contributed by atoms with Gasteiger partial charge in [0.25, 0.3) is 0 Å². The van der Waals surface area contributed by atoms with Crippen molar-refractivity contribution in [2.45, 2.75) is 11.4 Å². The van der Waals surface area contributed by atoms with Crippen molar-refractivity contribution in [2.24, 2.45) is 0 Å². The minimum atomic E-state index is -0.197. The van der Waals surface area contributed by atoms with Crippen molar-refractivity contribution >= 4 is 35.0 Å². The molecule has 0 bridgehead atoms. The van der Waals surface area contributed by atoms with E-state index in [9.17, 15) is 4.79 Å². The maximum Gasteiger partial charge on any atom is 0.248 e. The fraction of sp³-hybridized carbons (Fsp3) is 0.263. The number of ether oxygens (including phenoxy) is 4. The highest BCUT2D eigenvalue weighted by Gasteiger charge is 2.14. The Hall–Kier alpha value is -2.85. The highest BCUT2D eigenvalue weighted by Crippen LogP contribution is 2.34. The van der Waals surface area contributed by atoms with Crippen molar-refractivity contribution in [3.8, 4) is 23.0 Å². The Bertz CT molecular complexity index is 925. The Morgan fingerprint density at radius 2 is 1.66 bits per heavy atom. The average Bonchev–Trinajstić information content (AvgIpc) is 3.22. The Morgan fingerprint density at radius 3 is 2.55 bits per heavy atom. The predicted octanol–water partition coefficient (Wildman–Crippen LogP) is 1.97. The minimum Gasteiger partial charge on any atom is -0.486 e. The number of hydrogen-bond acceptors (Lipinski definition) is 7. The van der Waals surface area contributed by atoms with Crippen molar-refractivity contribution in [3.63, 3.8) is 0 Å². The molecule has 4 rings (SSSR count). The zero-order chi connectivity index (χ0) is 20.1. The molecule has 8 nitrogen and oxygen atoms in total. The van der Waals surface area contributed by atoms with Crippen LogP contribution in [0.3, 0.4) is 0 Å². The van der Waals surface area contributed by atoms with Gasteiger partial charge in [0, 0.05) is 11.4 Å². The molecule has 2 aliphatic rings. The maximum absolute atomic E-state index is 12.0. The minimum absolute atomic E-state index is 0.197. The molecule has 0 spiro atoms. The molecular weight excluding hydrogens is 414 g/mol. The molecular formula is C19H19N3O5S2. The second-order valence-corrected chi connectivity index (χ2v) is 7.59. The molecule has 0 saturated carbocycles. The molecule has 152 valence electrons. The summed E-state index contributed by atoms with van der Waals surface area (Å²) in [6.07, 6.45) is 0. The van der Waals surface area contributed by atoms with E-state index in [1.54, 1.807) is 0 Å². The molecule has 10 heteroatoms. The summed E-state index contributed by atoms with van der Waals surface area (Å²) in [6, 6.07) is 11.3. The third kappa shape index (κ3) is 5.15. The van der Waals surface area contributed by atoms with Crippen molar-refractivity contribution in [3.05, 3.63) is 42.0 Å². The third-order valence-corrected chi connectivity index (χ3v) is 5.33. The van der Waals surface area contributed by atoms with Gasteiger partial charge in [0.15, 0.2) is 28.1 Å². The number of fused-ring (bicyclic) bond motifs is 2. The van der Waals surface area contributed by atoms with Gasteiger partial charge in [0.2, 0.25) is 12.7 Å². The van der Waals surface area contributed by atoms with Gasteiger partial charge < -0.3 is 24.3 Å². The summed E-state index contributed by atoms with van der Waals surface area (Å²) in [5.41, 5.74) is 6.26. The van der Waals surface area contributed by atoms with Gasteiger partial charge in [-0.2, -0.15) is 0 Å². The second kappa shape index (κ2) is 9.10. The summed E-state index contributed by atoms with van der Waals surface area (Å²) in [5, 5.41) is 3.35. The Labute approximate surface area is 177 Å². The van der Waals surface area contributed by atoms with E-state index in [0.717, 1.165) is 22.0 Å². The van der Waals surface area contributed by atoms with E-state index < -0.39 is 0 Å². The first-order chi connectivity index (χ1) is 14.2. The summed E-state index contributed by atoms with van der Waals surface area (Å²) < 4.78 is 21.7. The van der Waals surface area contributed by atoms with E-state index in [1.165, 1.54) is 11.8 Å². The number of carbonyl (C=O) groups excluding carboxylic acids is 1. The first kappa shape index (κ1) is 19.5. The molecule has 0 aromatic heterocycles. The number of nitrogens with one attached hydrogen (secondary N) is 3. The number of amides is 1. The van der Waals surface area contributed by atoms with Crippen LogP contribution in [0.25, 0.3) is 0 Å². The molecule has 0 fully saturated rings. The molecule has 0 radical (unpaired) electrons. The lowest BCUT2D eigenvalue weighted by Gasteiger charge is -2.18. The summed E-state index contributed by atoms with van der Waals surface area (Å²) in [4.78, 5) is 13.0. The fourth-order valence-corrected chi connectivity index (χ4v) is 3.55. The van der Waals surface area contributed by atoms with E-state index in [-0.39, 0.29) is 18.5 Å². The molecule has 0 aliphatic carbocycles. The van der Waals surface area contributed by atoms with Crippen LogP contribution in [0.2, 0.25) is 0 Å². The number of carbonyl (C=O) groups is 1. The molecule has 3 N–H and O–H groups in total. The maximum atomic E-state index is 12.0. The van der Waals surface area contributed by atoms with Crippen LogP contribution in [0.1, 0.15) is 5.56 Å². The molecule has 0 saturated heterocycles. The smallest absolute Gasteiger partial charge is 0.248 e. The topological polar surface area (TPSA) is 90.1 Å². The summed E-state index contributed by atoms with van der Waals surface area (Å²) >= 11 is 6.58. The third-order valence-electron chi connectivity index (χ3n) is 4.09. The van der Waals surface area contributed by atoms with E-state index in [4.69, 9.17) is 31.2 Å². The van der Waals surface area contributed by atoms with Crippen LogP contribution in [0.4, 0.5) is 0 Å². The first-order valence-corrected chi connectivity index (χ1v) is 10.3. The van der Waals surface area contributed by atoms with Gasteiger partial charge in [0.1, 0.15) is 13.2 Å². The molecule has 0 atom stereocenters. The molecule has 2 aromatic carbocycles. The second-order valence-electron chi connectivity index (χ2n) is 6.14. The molecule has 29 heavy (non-hydrogen) atoms. The van der Waals surface area contributed by atoms with Gasteiger partial charge in [-0.05, 0) is 48.1 Å². The Kier molecular flexibility index (Phi) is 6.11. The van der Waals surface area contributed by atoms with Crippen LogP contribution in [-0.2, 0) is 11.3 Å². The van der Waals surface area contributed by atoms with E-state index in [0.29, 0.717) is 36.4 Å². The van der Waals surface area contributed by atoms with Gasteiger partial charge in [0.05, 0.1) is 5.75 Å². The number of thiocarbonyl (C=S) groups is 1. The highest BCUT2D eigenvalue weighted by molar-refractivity contribution is 8.00.